The lowest BCUT2D eigenvalue weighted by Crippen LogP contribution is -1.92. The Kier molecular flexibility index (Phi) is 3.38. The van der Waals surface area contributed by atoms with Gasteiger partial charge < -0.3 is 0 Å². The van der Waals surface area contributed by atoms with E-state index in [2.05, 4.69) is 0 Å². The number of alkyl halides is 2. The molecule has 0 nitrogen and oxygen atoms in total. The van der Waals surface area contributed by atoms with Crippen LogP contribution in [0.2, 0.25) is 5.02 Å². The van der Waals surface area contributed by atoms with E-state index in [-0.39, 0.29) is 21.7 Å². The molecule has 17 heavy (non-hydrogen) atoms. The molecule has 0 unspecified atom stereocenters. The molecule has 0 aliphatic heterocycles. The topological polar surface area (TPSA) is 0 Å². The van der Waals surface area contributed by atoms with Gasteiger partial charge in [-0.25, -0.2) is 13.2 Å². The van der Waals surface area contributed by atoms with Gasteiger partial charge in [-0.05, 0) is 23.8 Å². The van der Waals surface area contributed by atoms with Gasteiger partial charge in [-0.15, -0.1) is 0 Å². The van der Waals surface area contributed by atoms with E-state index in [1.54, 1.807) is 6.07 Å². The van der Waals surface area contributed by atoms with E-state index in [4.69, 9.17) is 11.6 Å². The lowest BCUT2D eigenvalue weighted by Gasteiger charge is -2.10. The lowest BCUT2D eigenvalue weighted by atomic mass is 9.99. The highest BCUT2D eigenvalue weighted by atomic mass is 35.5. The summed E-state index contributed by atoms with van der Waals surface area (Å²) in [6, 6.07) is 9.84. The number of benzene rings is 2. The maximum absolute atomic E-state index is 13.5. The van der Waals surface area contributed by atoms with Gasteiger partial charge in [-0.3, -0.25) is 0 Å². The molecule has 0 aliphatic carbocycles. The predicted molar refractivity (Wildman–Crippen MR) is 61.8 cm³/mol. The molecule has 0 N–H and O–H groups in total. The molecule has 0 amide bonds. The smallest absolute Gasteiger partial charge is 0.206 e. The molecule has 0 atom stereocenters. The molecule has 2 aromatic carbocycles. The second-order valence-corrected chi connectivity index (χ2v) is 3.95. The standard InChI is InChI=1S/C13H8ClF3/c14-8-5-6-9(11(7-8)13(16)17)10-3-1-2-4-12(10)15/h1-7,13H. The van der Waals surface area contributed by atoms with Crippen molar-refractivity contribution in [2.75, 3.05) is 0 Å². The van der Waals surface area contributed by atoms with Crippen molar-refractivity contribution in [3.63, 3.8) is 0 Å². The Bertz CT molecular complexity index is 538. The van der Waals surface area contributed by atoms with Crippen LogP contribution in [-0.4, -0.2) is 0 Å². The summed E-state index contributed by atoms with van der Waals surface area (Å²) < 4.78 is 39.2. The van der Waals surface area contributed by atoms with Crippen molar-refractivity contribution in [1.82, 2.24) is 0 Å². The zero-order valence-electron chi connectivity index (χ0n) is 8.63. The molecule has 0 aromatic heterocycles. The van der Waals surface area contributed by atoms with Crippen LogP contribution < -0.4 is 0 Å². The van der Waals surface area contributed by atoms with Crippen LogP contribution >= 0.6 is 11.6 Å². The third kappa shape index (κ3) is 2.44. The Hall–Kier alpha value is -1.48. The number of hydrogen-bond donors (Lipinski definition) is 0. The van der Waals surface area contributed by atoms with Gasteiger partial charge in [0.1, 0.15) is 5.82 Å². The summed E-state index contributed by atoms with van der Waals surface area (Å²) in [5, 5.41) is 0.209. The Morgan fingerprint density at radius 3 is 2.29 bits per heavy atom. The van der Waals surface area contributed by atoms with Gasteiger partial charge in [0.25, 0.3) is 6.43 Å². The minimum Gasteiger partial charge on any atom is -0.206 e. The van der Waals surface area contributed by atoms with E-state index in [0.717, 1.165) is 6.07 Å². The molecule has 2 rings (SSSR count). The molecule has 0 radical (unpaired) electrons. The molecule has 0 saturated carbocycles. The van der Waals surface area contributed by atoms with Crippen molar-refractivity contribution < 1.29 is 13.2 Å². The first-order chi connectivity index (χ1) is 8.09. The Labute approximate surface area is 102 Å². The van der Waals surface area contributed by atoms with E-state index in [0.29, 0.717) is 0 Å². The van der Waals surface area contributed by atoms with E-state index < -0.39 is 12.2 Å². The Balaban J connectivity index is 2.63. The maximum Gasteiger partial charge on any atom is 0.264 e. The first-order valence-electron chi connectivity index (χ1n) is 4.92. The lowest BCUT2D eigenvalue weighted by molar-refractivity contribution is 0.152. The Morgan fingerprint density at radius 1 is 0.941 bits per heavy atom. The maximum atomic E-state index is 13.5. The molecule has 0 spiro atoms. The minimum atomic E-state index is -2.69. The van der Waals surface area contributed by atoms with Gasteiger partial charge in [0.15, 0.2) is 0 Å². The van der Waals surface area contributed by atoms with Gasteiger partial charge in [0.2, 0.25) is 0 Å². The largest absolute Gasteiger partial charge is 0.264 e. The van der Waals surface area contributed by atoms with Crippen molar-refractivity contribution in [3.8, 4) is 11.1 Å². The van der Waals surface area contributed by atoms with Crippen molar-refractivity contribution in [2.45, 2.75) is 6.43 Å². The summed E-state index contributed by atoms with van der Waals surface area (Å²) in [4.78, 5) is 0. The highest BCUT2D eigenvalue weighted by Crippen LogP contribution is 2.34. The Morgan fingerprint density at radius 2 is 1.65 bits per heavy atom. The van der Waals surface area contributed by atoms with Gasteiger partial charge in [-0.1, -0.05) is 35.9 Å². The van der Waals surface area contributed by atoms with Crippen LogP contribution in [0.4, 0.5) is 13.2 Å². The minimum absolute atomic E-state index is 0.152. The molecule has 0 fully saturated rings. The zero-order chi connectivity index (χ0) is 12.4. The number of halogens is 4. The third-order valence-electron chi connectivity index (χ3n) is 2.41. The summed E-state index contributed by atoms with van der Waals surface area (Å²) in [5.74, 6) is -0.531. The van der Waals surface area contributed by atoms with E-state index >= 15 is 0 Å². The fourth-order valence-corrected chi connectivity index (χ4v) is 1.82. The predicted octanol–water partition coefficient (Wildman–Crippen LogP) is 5.08. The van der Waals surface area contributed by atoms with Crippen molar-refractivity contribution in [1.29, 1.82) is 0 Å². The second kappa shape index (κ2) is 4.80. The molecular formula is C13H8ClF3. The van der Waals surface area contributed by atoms with Gasteiger partial charge in [-0.2, -0.15) is 0 Å². The SMILES string of the molecule is Fc1ccccc1-c1ccc(Cl)cc1C(F)F. The number of hydrogen-bond acceptors (Lipinski definition) is 0. The second-order valence-electron chi connectivity index (χ2n) is 3.51. The van der Waals surface area contributed by atoms with Crippen LogP contribution in [0.5, 0.6) is 0 Å². The fraction of sp³-hybridized carbons (Fsp3) is 0.0769. The van der Waals surface area contributed by atoms with E-state index in [1.165, 1.54) is 30.3 Å². The monoisotopic (exact) mass is 256 g/mol. The molecule has 4 heteroatoms. The molecule has 0 saturated heterocycles. The summed E-state index contributed by atoms with van der Waals surface area (Å²) >= 11 is 5.66. The molecule has 88 valence electrons. The molecule has 0 heterocycles. The summed E-state index contributed by atoms with van der Waals surface area (Å²) in [5.41, 5.74) is 0.0598. The summed E-state index contributed by atoms with van der Waals surface area (Å²) in [6.07, 6.45) is -2.69. The number of rotatable bonds is 2. The fourth-order valence-electron chi connectivity index (χ4n) is 1.64. The summed E-state index contributed by atoms with van der Waals surface area (Å²) in [7, 11) is 0. The van der Waals surface area contributed by atoms with Crippen LogP contribution in [0.3, 0.4) is 0 Å². The first-order valence-corrected chi connectivity index (χ1v) is 5.30. The van der Waals surface area contributed by atoms with Crippen LogP contribution in [0.25, 0.3) is 11.1 Å². The van der Waals surface area contributed by atoms with Crippen LogP contribution in [0.15, 0.2) is 42.5 Å². The highest BCUT2D eigenvalue weighted by Gasteiger charge is 2.16. The molecule has 0 aliphatic rings. The van der Waals surface area contributed by atoms with Crippen LogP contribution in [0, 0.1) is 5.82 Å². The molecule has 2 aromatic rings. The van der Waals surface area contributed by atoms with Gasteiger partial charge in [0.05, 0.1) is 0 Å². The summed E-state index contributed by atoms with van der Waals surface area (Å²) in [6.45, 7) is 0. The van der Waals surface area contributed by atoms with Crippen LogP contribution in [-0.2, 0) is 0 Å². The van der Waals surface area contributed by atoms with Crippen molar-refractivity contribution in [2.24, 2.45) is 0 Å². The van der Waals surface area contributed by atoms with Gasteiger partial charge in [0, 0.05) is 16.1 Å². The first kappa shape index (κ1) is 12.0. The van der Waals surface area contributed by atoms with E-state index in [9.17, 15) is 13.2 Å². The van der Waals surface area contributed by atoms with Crippen molar-refractivity contribution in [3.05, 3.63) is 58.9 Å². The molecule has 0 bridgehead atoms. The average molecular weight is 257 g/mol. The quantitative estimate of drug-likeness (QED) is 0.703. The normalized spacial score (nSPS) is 10.9. The average Bonchev–Trinajstić information content (AvgIpc) is 2.30. The van der Waals surface area contributed by atoms with Crippen molar-refractivity contribution >= 4 is 11.6 Å². The van der Waals surface area contributed by atoms with E-state index in [1.807, 2.05) is 0 Å². The highest BCUT2D eigenvalue weighted by molar-refractivity contribution is 6.30. The van der Waals surface area contributed by atoms with Gasteiger partial charge >= 0.3 is 0 Å². The molecular weight excluding hydrogens is 249 g/mol. The van der Waals surface area contributed by atoms with Crippen LogP contribution in [0.1, 0.15) is 12.0 Å². The third-order valence-corrected chi connectivity index (χ3v) is 2.65. The zero-order valence-corrected chi connectivity index (χ0v) is 9.39.